The van der Waals surface area contributed by atoms with Crippen molar-refractivity contribution in [3.63, 3.8) is 0 Å². The van der Waals surface area contributed by atoms with Gasteiger partial charge in [-0.25, -0.2) is 0 Å². The molecular formula is C22H32N2O3. The normalized spacial score (nSPS) is 29.4. The first kappa shape index (κ1) is 18.9. The van der Waals surface area contributed by atoms with E-state index in [2.05, 4.69) is 34.1 Å². The second kappa shape index (κ2) is 8.29. The lowest BCUT2D eigenvalue weighted by molar-refractivity contribution is -0.139. The highest BCUT2D eigenvalue weighted by atomic mass is 16.5. The van der Waals surface area contributed by atoms with Gasteiger partial charge in [0.1, 0.15) is 6.61 Å². The van der Waals surface area contributed by atoms with Crippen LogP contribution in [0.25, 0.3) is 0 Å². The quantitative estimate of drug-likeness (QED) is 0.797. The van der Waals surface area contributed by atoms with Crippen molar-refractivity contribution >= 4 is 5.91 Å². The highest BCUT2D eigenvalue weighted by Crippen LogP contribution is 2.45. The SMILES string of the molecule is CC(C)OCC(=O)N1C[C@@H]2CN(C3CCOCC3)C[C@@H]2[C@H]1c1ccccc1. The first-order valence-corrected chi connectivity index (χ1v) is 10.4. The fourth-order valence-electron chi connectivity index (χ4n) is 5.08. The fraction of sp³-hybridized carbons (Fsp3) is 0.682. The zero-order valence-electron chi connectivity index (χ0n) is 16.5. The highest BCUT2D eigenvalue weighted by molar-refractivity contribution is 5.78. The van der Waals surface area contributed by atoms with Gasteiger partial charge in [-0.1, -0.05) is 30.3 Å². The minimum absolute atomic E-state index is 0.0789. The summed E-state index contributed by atoms with van der Waals surface area (Å²) in [4.78, 5) is 17.7. The molecule has 1 amide bonds. The van der Waals surface area contributed by atoms with Crippen LogP contribution >= 0.6 is 0 Å². The van der Waals surface area contributed by atoms with E-state index < -0.39 is 0 Å². The fourth-order valence-corrected chi connectivity index (χ4v) is 5.08. The number of likely N-dealkylation sites (tertiary alicyclic amines) is 2. The Bertz CT molecular complexity index is 630. The summed E-state index contributed by atoms with van der Waals surface area (Å²) in [6.45, 7) is 8.95. The Kier molecular flexibility index (Phi) is 5.81. The third-order valence-corrected chi connectivity index (χ3v) is 6.40. The molecule has 3 aliphatic rings. The second-order valence-electron chi connectivity index (χ2n) is 8.48. The molecule has 3 fully saturated rings. The molecule has 1 aromatic carbocycles. The largest absolute Gasteiger partial charge is 0.381 e. The summed E-state index contributed by atoms with van der Waals surface area (Å²) in [5.41, 5.74) is 1.26. The number of ether oxygens (including phenoxy) is 2. The molecule has 3 heterocycles. The van der Waals surface area contributed by atoms with Crippen LogP contribution in [0, 0.1) is 11.8 Å². The first-order chi connectivity index (χ1) is 13.1. The second-order valence-corrected chi connectivity index (χ2v) is 8.48. The standard InChI is InChI=1S/C22H32N2O3/c1-16(2)27-15-21(25)24-13-18-12-23(19-8-10-26-11-9-19)14-20(18)22(24)17-6-4-3-5-7-17/h3-7,16,18-20,22H,8-15H2,1-2H3/t18-,20-,22+/m0/s1. The molecule has 1 aromatic rings. The van der Waals surface area contributed by atoms with Crippen LogP contribution in [0.15, 0.2) is 30.3 Å². The van der Waals surface area contributed by atoms with Crippen LogP contribution in [0.2, 0.25) is 0 Å². The maximum Gasteiger partial charge on any atom is 0.249 e. The van der Waals surface area contributed by atoms with Crippen molar-refractivity contribution in [2.45, 2.75) is 44.9 Å². The lowest BCUT2D eigenvalue weighted by atomic mass is 9.89. The number of fused-ring (bicyclic) bond motifs is 1. The van der Waals surface area contributed by atoms with Gasteiger partial charge in [0.15, 0.2) is 0 Å². The number of benzene rings is 1. The van der Waals surface area contributed by atoms with E-state index in [0.29, 0.717) is 17.9 Å². The molecule has 0 radical (unpaired) electrons. The van der Waals surface area contributed by atoms with Crippen molar-refractivity contribution in [1.82, 2.24) is 9.80 Å². The van der Waals surface area contributed by atoms with Crippen LogP contribution in [0.5, 0.6) is 0 Å². The summed E-state index contributed by atoms with van der Waals surface area (Å²) < 4.78 is 11.2. The summed E-state index contributed by atoms with van der Waals surface area (Å²) in [7, 11) is 0. The van der Waals surface area contributed by atoms with Gasteiger partial charge < -0.3 is 14.4 Å². The van der Waals surface area contributed by atoms with E-state index in [1.807, 2.05) is 19.9 Å². The van der Waals surface area contributed by atoms with Gasteiger partial charge in [0.2, 0.25) is 5.91 Å². The Morgan fingerprint density at radius 3 is 2.59 bits per heavy atom. The van der Waals surface area contributed by atoms with Gasteiger partial charge in [-0.15, -0.1) is 0 Å². The molecule has 27 heavy (non-hydrogen) atoms. The monoisotopic (exact) mass is 372 g/mol. The third kappa shape index (κ3) is 4.05. The Morgan fingerprint density at radius 1 is 1.15 bits per heavy atom. The average Bonchev–Trinajstić information content (AvgIpc) is 3.25. The van der Waals surface area contributed by atoms with Crippen LogP contribution in [0.1, 0.15) is 38.3 Å². The molecule has 0 aromatic heterocycles. The van der Waals surface area contributed by atoms with E-state index >= 15 is 0 Å². The minimum atomic E-state index is 0.0789. The molecule has 5 nitrogen and oxygen atoms in total. The molecule has 0 spiro atoms. The average molecular weight is 373 g/mol. The third-order valence-electron chi connectivity index (χ3n) is 6.40. The van der Waals surface area contributed by atoms with Crippen molar-refractivity contribution in [2.75, 3.05) is 39.5 Å². The molecule has 0 saturated carbocycles. The number of rotatable bonds is 5. The van der Waals surface area contributed by atoms with Crippen LogP contribution in [-0.2, 0) is 14.3 Å². The molecule has 3 atom stereocenters. The van der Waals surface area contributed by atoms with E-state index in [4.69, 9.17) is 9.47 Å². The molecule has 0 N–H and O–H groups in total. The van der Waals surface area contributed by atoms with Crippen molar-refractivity contribution in [1.29, 1.82) is 0 Å². The van der Waals surface area contributed by atoms with Gasteiger partial charge in [0.05, 0.1) is 12.1 Å². The Morgan fingerprint density at radius 2 is 1.89 bits per heavy atom. The summed E-state index contributed by atoms with van der Waals surface area (Å²) in [6, 6.07) is 11.4. The first-order valence-electron chi connectivity index (χ1n) is 10.4. The summed E-state index contributed by atoms with van der Waals surface area (Å²) >= 11 is 0. The van der Waals surface area contributed by atoms with Crippen LogP contribution in [0.3, 0.4) is 0 Å². The lowest BCUT2D eigenvalue weighted by Gasteiger charge is -2.34. The van der Waals surface area contributed by atoms with Gasteiger partial charge in [-0.3, -0.25) is 9.69 Å². The summed E-state index contributed by atoms with van der Waals surface area (Å²) in [6.07, 6.45) is 2.36. The Labute approximate surface area is 162 Å². The van der Waals surface area contributed by atoms with Crippen LogP contribution in [0.4, 0.5) is 0 Å². The number of carbonyl (C=O) groups is 1. The van der Waals surface area contributed by atoms with E-state index in [1.165, 1.54) is 5.56 Å². The van der Waals surface area contributed by atoms with E-state index in [0.717, 1.165) is 45.7 Å². The van der Waals surface area contributed by atoms with Crippen LogP contribution < -0.4 is 0 Å². The smallest absolute Gasteiger partial charge is 0.249 e. The van der Waals surface area contributed by atoms with Crippen molar-refractivity contribution in [2.24, 2.45) is 11.8 Å². The van der Waals surface area contributed by atoms with Gasteiger partial charge in [0.25, 0.3) is 0 Å². The maximum atomic E-state index is 12.9. The van der Waals surface area contributed by atoms with Crippen molar-refractivity contribution < 1.29 is 14.3 Å². The lowest BCUT2D eigenvalue weighted by Crippen LogP contribution is -2.42. The van der Waals surface area contributed by atoms with Crippen molar-refractivity contribution in [3.05, 3.63) is 35.9 Å². The van der Waals surface area contributed by atoms with Gasteiger partial charge in [-0.2, -0.15) is 0 Å². The number of hydrogen-bond donors (Lipinski definition) is 0. The van der Waals surface area contributed by atoms with Crippen LogP contribution in [-0.4, -0.2) is 67.3 Å². The molecule has 5 heteroatoms. The molecule has 3 aliphatic heterocycles. The molecular weight excluding hydrogens is 340 g/mol. The van der Waals surface area contributed by atoms with Crippen molar-refractivity contribution in [3.8, 4) is 0 Å². The van der Waals surface area contributed by atoms with E-state index in [-0.39, 0.29) is 24.7 Å². The number of carbonyl (C=O) groups excluding carboxylic acids is 1. The molecule has 4 rings (SSSR count). The number of amides is 1. The molecule has 0 aliphatic carbocycles. The zero-order valence-corrected chi connectivity index (χ0v) is 16.5. The molecule has 0 unspecified atom stereocenters. The minimum Gasteiger partial charge on any atom is -0.381 e. The topological polar surface area (TPSA) is 42.0 Å². The Balaban J connectivity index is 1.51. The maximum absolute atomic E-state index is 12.9. The Hall–Kier alpha value is -1.43. The van der Waals surface area contributed by atoms with E-state index in [9.17, 15) is 4.79 Å². The van der Waals surface area contributed by atoms with Gasteiger partial charge in [-0.05, 0) is 38.2 Å². The predicted octanol–water partition coefficient (Wildman–Crippen LogP) is 2.72. The number of nitrogens with zero attached hydrogens (tertiary/aromatic N) is 2. The van der Waals surface area contributed by atoms with Gasteiger partial charge in [0, 0.05) is 44.8 Å². The van der Waals surface area contributed by atoms with E-state index in [1.54, 1.807) is 0 Å². The highest BCUT2D eigenvalue weighted by Gasteiger charge is 2.50. The summed E-state index contributed by atoms with van der Waals surface area (Å²) in [5, 5.41) is 0. The molecule has 3 saturated heterocycles. The zero-order chi connectivity index (χ0) is 18.8. The van der Waals surface area contributed by atoms with Gasteiger partial charge >= 0.3 is 0 Å². The molecule has 148 valence electrons. The number of hydrogen-bond acceptors (Lipinski definition) is 4. The predicted molar refractivity (Wildman–Crippen MR) is 104 cm³/mol. The summed E-state index contributed by atoms with van der Waals surface area (Å²) in [5.74, 6) is 1.20. The molecule has 0 bridgehead atoms.